The van der Waals surface area contributed by atoms with Crippen LogP contribution < -0.4 is 0 Å². The zero-order valence-electron chi connectivity index (χ0n) is 12.6. The van der Waals surface area contributed by atoms with Gasteiger partial charge < -0.3 is 10.1 Å². The van der Waals surface area contributed by atoms with Gasteiger partial charge in [-0.05, 0) is 31.2 Å². The van der Waals surface area contributed by atoms with Crippen LogP contribution in [0.15, 0.2) is 17.3 Å². The molecule has 2 aromatic rings. The second-order valence-electron chi connectivity index (χ2n) is 4.86. The lowest BCUT2D eigenvalue weighted by atomic mass is 10.3. The third-order valence-electron chi connectivity index (χ3n) is 2.98. The molecule has 2 heterocycles. The van der Waals surface area contributed by atoms with Crippen molar-refractivity contribution in [3.8, 4) is 0 Å². The number of pyridine rings is 1. The third-order valence-corrected chi connectivity index (χ3v) is 2.98. The van der Waals surface area contributed by atoms with Crippen LogP contribution in [-0.4, -0.2) is 74.6 Å². The van der Waals surface area contributed by atoms with Crippen molar-refractivity contribution in [1.29, 1.82) is 0 Å². The molecule has 0 radical (unpaired) electrons. The molecule has 2 rings (SSSR count). The van der Waals surface area contributed by atoms with Gasteiger partial charge in [-0.1, -0.05) is 4.85 Å². The van der Waals surface area contributed by atoms with E-state index >= 15 is 0 Å². The van der Waals surface area contributed by atoms with Gasteiger partial charge in [0.2, 0.25) is 5.65 Å². The Kier molecular flexibility index (Phi) is 4.97. The predicted octanol–water partition coefficient (Wildman–Crippen LogP) is 0.853. The summed E-state index contributed by atoms with van der Waals surface area (Å²) >= 11 is 0. The van der Waals surface area contributed by atoms with Crippen molar-refractivity contribution in [2.24, 2.45) is 4.99 Å². The molecule has 0 saturated heterocycles. The number of aliphatic imine (C=N–C) groups is 1. The minimum absolute atomic E-state index is 0.320. The summed E-state index contributed by atoms with van der Waals surface area (Å²) in [6.45, 7) is 4.40. The van der Waals surface area contributed by atoms with E-state index in [0.29, 0.717) is 22.6 Å². The van der Waals surface area contributed by atoms with E-state index in [2.05, 4.69) is 31.2 Å². The fourth-order valence-electron chi connectivity index (χ4n) is 1.92. The Morgan fingerprint density at radius 2 is 2.29 bits per heavy atom. The largest absolute Gasteiger partial charge is 0.409 e. The normalized spacial score (nSPS) is 10.9. The number of hydrogen-bond acceptors (Lipinski definition) is 6. The zero-order chi connectivity index (χ0) is 15.2. The van der Waals surface area contributed by atoms with Crippen molar-refractivity contribution in [2.75, 3.05) is 33.7 Å². The molecule has 0 aliphatic carbocycles. The van der Waals surface area contributed by atoms with Gasteiger partial charge >= 0.3 is 6.01 Å². The van der Waals surface area contributed by atoms with Gasteiger partial charge in [0.25, 0.3) is 0 Å². The second kappa shape index (κ2) is 6.92. The summed E-state index contributed by atoms with van der Waals surface area (Å²) in [6.07, 6.45) is 2.58. The minimum Gasteiger partial charge on any atom is -0.409 e. The van der Waals surface area contributed by atoms with Crippen LogP contribution in [0.2, 0.25) is 0 Å². The molecule has 0 unspecified atom stereocenters. The molecule has 0 bridgehead atoms. The van der Waals surface area contributed by atoms with Crippen LogP contribution in [0.1, 0.15) is 13.3 Å². The monoisotopic (exact) mass is 290 g/mol. The first-order valence-electron chi connectivity index (χ1n) is 6.87. The van der Waals surface area contributed by atoms with Crippen LogP contribution in [0, 0.1) is 0 Å². The lowest BCUT2D eigenvalue weighted by Crippen LogP contribution is -2.13. The molecule has 1 N–H and O–H groups in total. The number of fused-ring (bicyclic) bond motifs is 1. The lowest BCUT2D eigenvalue weighted by molar-refractivity contribution is -0.427. The van der Waals surface area contributed by atoms with Gasteiger partial charge in [0.1, 0.15) is 6.54 Å². The van der Waals surface area contributed by atoms with Crippen LogP contribution >= 0.6 is 0 Å². The van der Waals surface area contributed by atoms with Crippen molar-refractivity contribution < 1.29 is 9.78 Å². The Labute approximate surface area is 123 Å². The van der Waals surface area contributed by atoms with Crippen LogP contribution in [0.3, 0.4) is 0 Å². The molecule has 0 atom stereocenters. The van der Waals surface area contributed by atoms with E-state index in [0.717, 1.165) is 25.2 Å². The second-order valence-corrected chi connectivity index (χ2v) is 4.86. The maximum atomic E-state index is 9.50. The summed E-state index contributed by atoms with van der Waals surface area (Å²) in [4.78, 5) is 11.2. The Bertz CT molecular complexity index is 670. The van der Waals surface area contributed by atoms with Gasteiger partial charge in [-0.2, -0.15) is 4.58 Å². The molecule has 8 heteroatoms. The Morgan fingerprint density at radius 3 is 3.00 bits per heavy atom. The highest BCUT2D eigenvalue weighted by Gasteiger charge is 2.14. The van der Waals surface area contributed by atoms with E-state index < -0.39 is 0 Å². The third kappa shape index (κ3) is 3.62. The summed E-state index contributed by atoms with van der Waals surface area (Å²) in [5, 5.41) is 17.0. The molecular formula is C13H20N7O+. The summed E-state index contributed by atoms with van der Waals surface area (Å²) in [5.74, 6) is 0. The van der Waals surface area contributed by atoms with Gasteiger partial charge in [-0.15, -0.1) is 5.10 Å². The van der Waals surface area contributed by atoms with Gasteiger partial charge in [0.15, 0.2) is 11.2 Å². The number of hydrogen-bond donors (Lipinski definition) is 1. The highest BCUT2D eigenvalue weighted by atomic mass is 16.5. The van der Waals surface area contributed by atoms with Gasteiger partial charge in [-0.25, -0.2) is 4.98 Å². The molecule has 0 aliphatic rings. The Balaban J connectivity index is 2.25. The predicted molar refractivity (Wildman–Crippen MR) is 78.4 cm³/mol. The molecule has 0 saturated carbocycles. The van der Waals surface area contributed by atoms with Gasteiger partial charge in [0.05, 0.1) is 6.54 Å². The van der Waals surface area contributed by atoms with Crippen molar-refractivity contribution >= 4 is 22.9 Å². The number of nitrogens with zero attached hydrogens (tertiary/aromatic N) is 7. The van der Waals surface area contributed by atoms with Crippen molar-refractivity contribution in [3.63, 3.8) is 0 Å². The molecule has 8 nitrogen and oxygen atoms in total. The topological polar surface area (TPSA) is 82.4 Å². The number of aromatic nitrogens is 4. The molecule has 2 aromatic heterocycles. The van der Waals surface area contributed by atoms with E-state index in [9.17, 15) is 5.21 Å². The smallest absolute Gasteiger partial charge is 0.312 e. The summed E-state index contributed by atoms with van der Waals surface area (Å²) in [5.41, 5.74) is 1.62. The molecule has 0 spiro atoms. The summed E-state index contributed by atoms with van der Waals surface area (Å²) in [6, 6.07) is 4.82. The molecular weight excluding hydrogens is 270 g/mol. The highest BCUT2D eigenvalue weighted by Crippen LogP contribution is 2.20. The first-order chi connectivity index (χ1) is 10.1. The average Bonchev–Trinajstić information content (AvgIpc) is 2.85. The van der Waals surface area contributed by atoms with E-state index in [1.807, 2.05) is 31.7 Å². The maximum absolute atomic E-state index is 9.50. The van der Waals surface area contributed by atoms with E-state index in [1.165, 1.54) is 0 Å². The van der Waals surface area contributed by atoms with Crippen molar-refractivity contribution in [2.45, 2.75) is 13.3 Å². The molecule has 0 fully saturated rings. The standard InChI is InChI=1S/C13H20N7O/c1-4-19(10-14-7-5-9-18(2)3)11-6-8-15-13-12(11)16-17-20(13)21/h6,8,21H,4-5,7,9H2,1-3H3/q+1. The Morgan fingerprint density at radius 1 is 1.48 bits per heavy atom. The highest BCUT2D eigenvalue weighted by molar-refractivity contribution is 5.80. The first-order valence-corrected chi connectivity index (χ1v) is 6.87. The Hall–Kier alpha value is -2.31. The minimum atomic E-state index is 0.320. The summed E-state index contributed by atoms with van der Waals surface area (Å²) in [7, 11) is 4.08. The SMILES string of the molecule is CC[N+](=C=NCCCN(C)C)c1ccnc2c1nnn2O. The van der Waals surface area contributed by atoms with Crippen LogP contribution in [0.25, 0.3) is 11.2 Å². The van der Waals surface area contributed by atoms with E-state index in [-0.39, 0.29) is 0 Å². The molecule has 112 valence electrons. The van der Waals surface area contributed by atoms with Gasteiger partial charge in [-0.3, -0.25) is 0 Å². The van der Waals surface area contributed by atoms with Crippen molar-refractivity contribution in [1.82, 2.24) is 25.0 Å². The van der Waals surface area contributed by atoms with E-state index in [4.69, 9.17) is 0 Å². The fourth-order valence-corrected chi connectivity index (χ4v) is 1.92. The lowest BCUT2D eigenvalue weighted by Gasteiger charge is -2.04. The van der Waals surface area contributed by atoms with Crippen LogP contribution in [0.5, 0.6) is 0 Å². The maximum Gasteiger partial charge on any atom is 0.312 e. The molecule has 21 heavy (non-hydrogen) atoms. The summed E-state index contributed by atoms with van der Waals surface area (Å²) < 4.78 is 1.84. The van der Waals surface area contributed by atoms with Crippen LogP contribution in [0.4, 0.5) is 5.69 Å². The van der Waals surface area contributed by atoms with Gasteiger partial charge in [0, 0.05) is 25.2 Å². The molecule has 0 amide bonds. The number of rotatable bonds is 6. The molecule has 0 aliphatic heterocycles. The zero-order valence-corrected chi connectivity index (χ0v) is 12.6. The molecule has 0 aromatic carbocycles. The van der Waals surface area contributed by atoms with Crippen LogP contribution in [-0.2, 0) is 0 Å². The van der Waals surface area contributed by atoms with Crippen molar-refractivity contribution in [3.05, 3.63) is 12.3 Å². The van der Waals surface area contributed by atoms with E-state index in [1.54, 1.807) is 6.20 Å². The first kappa shape index (κ1) is 15.1. The fraction of sp³-hybridized carbons (Fsp3) is 0.538. The average molecular weight is 290 g/mol. The quantitative estimate of drug-likeness (QED) is 0.369.